The zero-order chi connectivity index (χ0) is 10.4. The van der Waals surface area contributed by atoms with Gasteiger partial charge in [-0.3, -0.25) is 4.99 Å². The summed E-state index contributed by atoms with van der Waals surface area (Å²) in [6.45, 7) is 15.7. The summed E-state index contributed by atoms with van der Waals surface area (Å²) in [5.74, 6) is 0.423. The lowest BCUT2D eigenvalue weighted by molar-refractivity contribution is 0.757. The van der Waals surface area contributed by atoms with Gasteiger partial charge in [0.15, 0.2) is 0 Å². The van der Waals surface area contributed by atoms with Crippen LogP contribution in [0.1, 0.15) is 27.7 Å². The maximum atomic E-state index is 4.43. The monoisotopic (exact) mass is 177 g/mol. The lowest BCUT2D eigenvalue weighted by Gasteiger charge is -2.06. The molecular weight excluding hydrogens is 158 g/mol. The average molecular weight is 177 g/mol. The lowest BCUT2D eigenvalue weighted by atomic mass is 10.1. The molecular formula is C12H19N. The molecule has 0 saturated carbocycles. The molecule has 0 heterocycles. The van der Waals surface area contributed by atoms with Gasteiger partial charge in [-0.1, -0.05) is 32.6 Å². The first-order valence-corrected chi connectivity index (χ1v) is 4.52. The van der Waals surface area contributed by atoms with Crippen molar-refractivity contribution in [2.24, 2.45) is 10.9 Å². The molecule has 1 heteroatoms. The van der Waals surface area contributed by atoms with Crippen molar-refractivity contribution in [3.63, 3.8) is 0 Å². The number of rotatable bonds is 4. The molecule has 0 unspecified atom stereocenters. The van der Waals surface area contributed by atoms with Crippen LogP contribution in [0.25, 0.3) is 0 Å². The molecule has 0 aromatic carbocycles. The Bertz CT molecular complexity index is 254. The molecule has 0 fully saturated rings. The lowest BCUT2D eigenvalue weighted by Crippen LogP contribution is -1.95. The van der Waals surface area contributed by atoms with Crippen LogP contribution >= 0.6 is 0 Å². The fourth-order valence-electron chi connectivity index (χ4n) is 0.830. The van der Waals surface area contributed by atoms with Gasteiger partial charge in [0, 0.05) is 11.4 Å². The molecule has 0 rings (SSSR count). The molecule has 0 radical (unpaired) electrons. The van der Waals surface area contributed by atoms with Crippen LogP contribution in [-0.4, -0.2) is 5.71 Å². The number of allylic oxidation sites excluding steroid dienone is 4. The van der Waals surface area contributed by atoms with Crippen molar-refractivity contribution >= 4 is 5.71 Å². The van der Waals surface area contributed by atoms with Crippen molar-refractivity contribution < 1.29 is 0 Å². The van der Waals surface area contributed by atoms with Crippen molar-refractivity contribution in [2.45, 2.75) is 27.7 Å². The fourth-order valence-corrected chi connectivity index (χ4v) is 0.830. The van der Waals surface area contributed by atoms with E-state index in [0.717, 1.165) is 17.0 Å². The minimum Gasteiger partial charge on any atom is -0.258 e. The van der Waals surface area contributed by atoms with E-state index in [1.165, 1.54) is 0 Å². The quantitative estimate of drug-likeness (QED) is 0.458. The van der Waals surface area contributed by atoms with Crippen LogP contribution in [-0.2, 0) is 0 Å². The van der Waals surface area contributed by atoms with Gasteiger partial charge in [0.1, 0.15) is 0 Å². The summed E-state index contributed by atoms with van der Waals surface area (Å²) < 4.78 is 0. The summed E-state index contributed by atoms with van der Waals surface area (Å²) >= 11 is 0. The smallest absolute Gasteiger partial charge is 0.0434 e. The van der Waals surface area contributed by atoms with Gasteiger partial charge in [0.05, 0.1) is 0 Å². The Kier molecular flexibility index (Phi) is 5.05. The third-order valence-corrected chi connectivity index (χ3v) is 1.59. The molecule has 0 aromatic heterocycles. The Morgan fingerprint density at radius 2 is 1.85 bits per heavy atom. The zero-order valence-corrected chi connectivity index (χ0v) is 9.09. The molecule has 13 heavy (non-hydrogen) atoms. The second-order valence-corrected chi connectivity index (χ2v) is 3.53. The largest absolute Gasteiger partial charge is 0.258 e. The Morgan fingerprint density at radius 1 is 1.31 bits per heavy atom. The van der Waals surface area contributed by atoms with Crippen molar-refractivity contribution in [1.82, 2.24) is 0 Å². The number of hydrogen-bond donors (Lipinski definition) is 0. The average Bonchev–Trinajstić information content (AvgIpc) is 2.02. The standard InChI is InChI=1S/C12H19N/c1-7-11(6)13-12(10(4)5)8-9(2)3/h7-8,10H,1-2H2,3-6H3/b12-8-,13-11-. The highest BCUT2D eigenvalue weighted by atomic mass is 14.8. The van der Waals surface area contributed by atoms with Gasteiger partial charge in [-0.2, -0.15) is 0 Å². The Morgan fingerprint density at radius 3 is 2.15 bits per heavy atom. The summed E-state index contributed by atoms with van der Waals surface area (Å²) in [5.41, 5.74) is 3.04. The fraction of sp³-hybridized carbons (Fsp3) is 0.417. The van der Waals surface area contributed by atoms with Crippen LogP contribution in [0.15, 0.2) is 41.6 Å². The van der Waals surface area contributed by atoms with Gasteiger partial charge in [-0.25, -0.2) is 0 Å². The van der Waals surface area contributed by atoms with Crippen molar-refractivity contribution in [3.05, 3.63) is 36.6 Å². The maximum absolute atomic E-state index is 4.43. The normalized spacial score (nSPS) is 13.3. The number of aliphatic imine (C=N–C) groups is 1. The highest BCUT2D eigenvalue weighted by molar-refractivity contribution is 5.93. The van der Waals surface area contributed by atoms with E-state index in [1.54, 1.807) is 6.08 Å². The topological polar surface area (TPSA) is 12.4 Å². The molecule has 0 aromatic rings. The van der Waals surface area contributed by atoms with Gasteiger partial charge >= 0.3 is 0 Å². The van der Waals surface area contributed by atoms with Gasteiger partial charge in [-0.05, 0) is 31.9 Å². The number of hydrogen-bond acceptors (Lipinski definition) is 1. The summed E-state index contributed by atoms with van der Waals surface area (Å²) in [5, 5.41) is 0. The third-order valence-electron chi connectivity index (χ3n) is 1.59. The second-order valence-electron chi connectivity index (χ2n) is 3.53. The molecule has 0 N–H and O–H groups in total. The van der Waals surface area contributed by atoms with Gasteiger partial charge in [-0.15, -0.1) is 0 Å². The van der Waals surface area contributed by atoms with Crippen molar-refractivity contribution in [3.8, 4) is 0 Å². The minimum absolute atomic E-state index is 0.423. The van der Waals surface area contributed by atoms with Gasteiger partial charge in [0.2, 0.25) is 0 Å². The summed E-state index contributed by atoms with van der Waals surface area (Å²) in [6, 6.07) is 0. The van der Waals surface area contributed by atoms with Crippen molar-refractivity contribution in [2.75, 3.05) is 0 Å². The van der Waals surface area contributed by atoms with Crippen molar-refractivity contribution in [1.29, 1.82) is 0 Å². The third kappa shape index (κ3) is 5.18. The second kappa shape index (κ2) is 5.52. The predicted molar refractivity (Wildman–Crippen MR) is 61.0 cm³/mol. The molecule has 0 aliphatic rings. The van der Waals surface area contributed by atoms with Crippen LogP contribution in [0.4, 0.5) is 0 Å². The van der Waals surface area contributed by atoms with E-state index in [2.05, 4.69) is 32.0 Å². The molecule has 72 valence electrons. The van der Waals surface area contributed by atoms with E-state index in [0.29, 0.717) is 5.92 Å². The zero-order valence-electron chi connectivity index (χ0n) is 9.09. The number of nitrogens with zero attached hydrogens (tertiary/aromatic N) is 1. The molecule has 0 bridgehead atoms. The summed E-state index contributed by atoms with van der Waals surface area (Å²) in [6.07, 6.45) is 3.77. The van der Waals surface area contributed by atoms with E-state index in [4.69, 9.17) is 0 Å². The van der Waals surface area contributed by atoms with Crippen LogP contribution in [0.2, 0.25) is 0 Å². The van der Waals surface area contributed by atoms with E-state index in [9.17, 15) is 0 Å². The van der Waals surface area contributed by atoms with Gasteiger partial charge < -0.3 is 0 Å². The molecule has 0 saturated heterocycles. The summed E-state index contributed by atoms with van der Waals surface area (Å²) in [7, 11) is 0. The Hall–Kier alpha value is -1.11. The highest BCUT2D eigenvalue weighted by Crippen LogP contribution is 2.13. The van der Waals surface area contributed by atoms with Crippen LogP contribution in [0, 0.1) is 5.92 Å². The molecule has 0 atom stereocenters. The van der Waals surface area contributed by atoms with E-state index >= 15 is 0 Å². The molecule has 0 spiro atoms. The Labute approximate surface area is 81.6 Å². The molecule has 1 nitrogen and oxygen atoms in total. The van der Waals surface area contributed by atoms with Gasteiger partial charge in [0.25, 0.3) is 0 Å². The Balaban J connectivity index is 4.83. The maximum Gasteiger partial charge on any atom is 0.0434 e. The molecule has 0 aliphatic heterocycles. The van der Waals surface area contributed by atoms with Crippen LogP contribution in [0.3, 0.4) is 0 Å². The first-order chi connectivity index (χ1) is 5.97. The highest BCUT2D eigenvalue weighted by Gasteiger charge is 2.00. The first kappa shape index (κ1) is 11.9. The molecule has 0 amide bonds. The van der Waals surface area contributed by atoms with Crippen LogP contribution in [0.5, 0.6) is 0 Å². The van der Waals surface area contributed by atoms with E-state index < -0.39 is 0 Å². The first-order valence-electron chi connectivity index (χ1n) is 4.52. The molecule has 0 aliphatic carbocycles. The minimum atomic E-state index is 0.423. The van der Waals surface area contributed by atoms with E-state index in [-0.39, 0.29) is 0 Å². The van der Waals surface area contributed by atoms with E-state index in [1.807, 2.05) is 19.9 Å². The summed E-state index contributed by atoms with van der Waals surface area (Å²) in [4.78, 5) is 4.43. The predicted octanol–water partition coefficient (Wildman–Crippen LogP) is 3.75. The van der Waals surface area contributed by atoms with Crippen LogP contribution < -0.4 is 0 Å². The SMILES string of the molecule is C=C/C(C)=N\C(=C/C(=C)C)C(C)C.